The Hall–Kier alpha value is -1.43. The number of aromatic nitrogens is 3. The number of carboxylic acid groups (broad SMARTS) is 1. The maximum absolute atomic E-state index is 10.7. The van der Waals surface area contributed by atoms with Crippen molar-refractivity contribution in [2.24, 2.45) is 11.3 Å². The third-order valence-corrected chi connectivity index (χ3v) is 3.90. The highest BCUT2D eigenvalue weighted by Gasteiger charge is 2.31. The highest BCUT2D eigenvalue weighted by atomic mass is 16.4. The zero-order chi connectivity index (χ0) is 14.0. The van der Waals surface area contributed by atoms with Gasteiger partial charge < -0.3 is 10.0 Å². The molecule has 1 aliphatic heterocycles. The van der Waals surface area contributed by atoms with Crippen LogP contribution >= 0.6 is 0 Å². The third kappa shape index (κ3) is 3.53. The minimum absolute atomic E-state index is 0.00832. The topological polar surface area (TPSA) is 71.2 Å². The highest BCUT2D eigenvalue weighted by molar-refractivity contribution is 5.84. The van der Waals surface area contributed by atoms with Crippen molar-refractivity contribution >= 4 is 5.97 Å². The second kappa shape index (κ2) is 5.28. The molecule has 1 unspecified atom stereocenters. The van der Waals surface area contributed by atoms with E-state index in [4.69, 9.17) is 5.11 Å². The zero-order valence-corrected chi connectivity index (χ0v) is 11.8. The first kappa shape index (κ1) is 14.0. The van der Waals surface area contributed by atoms with Gasteiger partial charge in [0.05, 0.1) is 12.7 Å². The molecule has 6 nitrogen and oxygen atoms in total. The Labute approximate surface area is 113 Å². The quantitative estimate of drug-likeness (QED) is 0.890. The van der Waals surface area contributed by atoms with E-state index in [1.807, 2.05) is 0 Å². The Bertz CT molecular complexity index is 450. The van der Waals surface area contributed by atoms with Crippen LogP contribution in [0.25, 0.3) is 0 Å². The highest BCUT2D eigenvalue weighted by Crippen LogP contribution is 2.33. The molecule has 106 valence electrons. The van der Waals surface area contributed by atoms with E-state index in [0.717, 1.165) is 25.6 Å². The van der Waals surface area contributed by atoms with E-state index in [-0.39, 0.29) is 5.69 Å². The number of carboxylic acids is 1. The van der Waals surface area contributed by atoms with Crippen molar-refractivity contribution < 1.29 is 9.90 Å². The summed E-state index contributed by atoms with van der Waals surface area (Å²) in [5, 5.41) is 16.2. The first-order valence-electron chi connectivity index (χ1n) is 6.72. The van der Waals surface area contributed by atoms with Gasteiger partial charge in [0.1, 0.15) is 0 Å². The van der Waals surface area contributed by atoms with Gasteiger partial charge >= 0.3 is 5.97 Å². The summed E-state index contributed by atoms with van der Waals surface area (Å²) in [6.07, 6.45) is 2.72. The van der Waals surface area contributed by atoms with Gasteiger partial charge in [-0.2, -0.15) is 0 Å². The molecule has 0 radical (unpaired) electrons. The van der Waals surface area contributed by atoms with Gasteiger partial charge in [-0.25, -0.2) is 4.79 Å². The number of hydrogen-bond acceptors (Lipinski definition) is 4. The van der Waals surface area contributed by atoms with Crippen LogP contribution in [0.2, 0.25) is 0 Å². The molecule has 0 aromatic carbocycles. The van der Waals surface area contributed by atoms with E-state index in [2.05, 4.69) is 36.0 Å². The van der Waals surface area contributed by atoms with Crippen LogP contribution in [-0.2, 0) is 6.54 Å². The summed E-state index contributed by atoms with van der Waals surface area (Å²) in [5.41, 5.74) is 0.368. The summed E-state index contributed by atoms with van der Waals surface area (Å²) >= 11 is 0. The van der Waals surface area contributed by atoms with Gasteiger partial charge in [0.15, 0.2) is 5.69 Å². The standard InChI is InChI=1S/C13H22N4O2/c1-13(2,3)10-4-5-16(8-10)6-7-17-9-11(12(18)19)14-15-17/h9-10H,4-8H2,1-3H3,(H,18,19). The summed E-state index contributed by atoms with van der Waals surface area (Å²) < 4.78 is 1.61. The Morgan fingerprint density at radius 3 is 2.74 bits per heavy atom. The van der Waals surface area contributed by atoms with Gasteiger partial charge in [0.25, 0.3) is 0 Å². The SMILES string of the molecule is CC(C)(C)C1CCN(CCn2cc(C(=O)O)nn2)C1. The fourth-order valence-electron chi connectivity index (χ4n) is 2.49. The van der Waals surface area contributed by atoms with Crippen LogP contribution in [0.3, 0.4) is 0 Å². The van der Waals surface area contributed by atoms with Crippen molar-refractivity contribution in [2.75, 3.05) is 19.6 Å². The Morgan fingerprint density at radius 2 is 2.21 bits per heavy atom. The number of aromatic carboxylic acids is 1. The average Bonchev–Trinajstić information content (AvgIpc) is 2.95. The van der Waals surface area contributed by atoms with E-state index in [0.29, 0.717) is 12.0 Å². The van der Waals surface area contributed by atoms with Crippen LogP contribution in [0, 0.1) is 11.3 Å². The van der Waals surface area contributed by atoms with E-state index >= 15 is 0 Å². The Balaban J connectivity index is 1.82. The molecule has 0 spiro atoms. The predicted octanol–water partition coefficient (Wildman–Crippen LogP) is 1.34. The van der Waals surface area contributed by atoms with Gasteiger partial charge in [-0.15, -0.1) is 5.10 Å². The summed E-state index contributed by atoms with van der Waals surface area (Å²) in [7, 11) is 0. The fraction of sp³-hybridized carbons (Fsp3) is 0.769. The van der Waals surface area contributed by atoms with Gasteiger partial charge in [-0.1, -0.05) is 26.0 Å². The molecule has 0 aliphatic carbocycles. The van der Waals surface area contributed by atoms with Gasteiger partial charge in [0.2, 0.25) is 0 Å². The normalized spacial score (nSPS) is 20.9. The van der Waals surface area contributed by atoms with Gasteiger partial charge in [0, 0.05) is 13.1 Å². The molecule has 2 rings (SSSR count). The van der Waals surface area contributed by atoms with Crippen LogP contribution in [0.15, 0.2) is 6.20 Å². The molecule has 1 fully saturated rings. The third-order valence-electron chi connectivity index (χ3n) is 3.90. The largest absolute Gasteiger partial charge is 0.476 e. The molecule has 1 aliphatic rings. The fourth-order valence-corrected chi connectivity index (χ4v) is 2.49. The summed E-state index contributed by atoms with van der Waals surface area (Å²) in [5.74, 6) is -0.293. The van der Waals surface area contributed by atoms with Gasteiger partial charge in [-0.05, 0) is 24.3 Å². The van der Waals surface area contributed by atoms with Crippen molar-refractivity contribution in [3.8, 4) is 0 Å². The minimum atomic E-state index is -1.03. The minimum Gasteiger partial charge on any atom is -0.476 e. The lowest BCUT2D eigenvalue weighted by molar-refractivity contribution is 0.0690. The van der Waals surface area contributed by atoms with Crippen LogP contribution in [0.5, 0.6) is 0 Å². The number of nitrogens with zero attached hydrogens (tertiary/aromatic N) is 4. The Kier molecular flexibility index (Phi) is 3.89. The predicted molar refractivity (Wildman–Crippen MR) is 71.0 cm³/mol. The molecule has 2 heterocycles. The van der Waals surface area contributed by atoms with Crippen LogP contribution < -0.4 is 0 Å². The summed E-state index contributed by atoms with van der Waals surface area (Å²) in [4.78, 5) is 13.1. The first-order chi connectivity index (χ1) is 8.86. The van der Waals surface area contributed by atoms with Crippen LogP contribution in [0.4, 0.5) is 0 Å². The number of rotatable bonds is 4. The monoisotopic (exact) mass is 266 g/mol. The average molecular weight is 266 g/mol. The summed E-state index contributed by atoms with van der Waals surface area (Å²) in [6.45, 7) is 10.7. The molecular formula is C13H22N4O2. The van der Waals surface area contributed by atoms with E-state index in [1.54, 1.807) is 4.68 Å². The van der Waals surface area contributed by atoms with Crippen molar-refractivity contribution in [1.29, 1.82) is 0 Å². The van der Waals surface area contributed by atoms with E-state index in [1.165, 1.54) is 12.6 Å². The lowest BCUT2D eigenvalue weighted by Crippen LogP contribution is -2.28. The molecule has 0 saturated carbocycles. The van der Waals surface area contributed by atoms with Crippen molar-refractivity contribution in [2.45, 2.75) is 33.7 Å². The lowest BCUT2D eigenvalue weighted by atomic mass is 9.80. The molecule has 1 N–H and O–H groups in total. The molecule has 0 amide bonds. The van der Waals surface area contributed by atoms with Crippen LogP contribution in [0.1, 0.15) is 37.7 Å². The molecule has 1 aromatic rings. The second-order valence-corrected chi connectivity index (χ2v) is 6.32. The van der Waals surface area contributed by atoms with E-state index < -0.39 is 5.97 Å². The van der Waals surface area contributed by atoms with E-state index in [9.17, 15) is 4.79 Å². The second-order valence-electron chi connectivity index (χ2n) is 6.32. The molecular weight excluding hydrogens is 244 g/mol. The smallest absolute Gasteiger partial charge is 0.358 e. The molecule has 1 atom stereocenters. The number of hydrogen-bond donors (Lipinski definition) is 1. The van der Waals surface area contributed by atoms with Crippen molar-refractivity contribution in [3.05, 3.63) is 11.9 Å². The number of likely N-dealkylation sites (tertiary alicyclic amines) is 1. The molecule has 19 heavy (non-hydrogen) atoms. The molecule has 0 bridgehead atoms. The van der Waals surface area contributed by atoms with Crippen LogP contribution in [-0.4, -0.2) is 50.6 Å². The molecule has 1 saturated heterocycles. The maximum atomic E-state index is 10.7. The van der Waals surface area contributed by atoms with Crippen molar-refractivity contribution in [1.82, 2.24) is 19.9 Å². The van der Waals surface area contributed by atoms with Crippen molar-refractivity contribution in [3.63, 3.8) is 0 Å². The maximum Gasteiger partial charge on any atom is 0.358 e. The number of carbonyl (C=O) groups is 1. The molecule has 1 aromatic heterocycles. The summed E-state index contributed by atoms with van der Waals surface area (Å²) in [6, 6.07) is 0. The molecule has 6 heteroatoms. The Morgan fingerprint density at radius 1 is 1.47 bits per heavy atom. The zero-order valence-electron chi connectivity index (χ0n) is 11.8. The first-order valence-corrected chi connectivity index (χ1v) is 6.72. The van der Waals surface area contributed by atoms with Gasteiger partial charge in [-0.3, -0.25) is 4.68 Å². The lowest BCUT2D eigenvalue weighted by Gasteiger charge is -2.27.